The third-order valence-corrected chi connectivity index (χ3v) is 5.88. The molecule has 0 bridgehead atoms. The number of likely N-dealkylation sites (tertiary alicyclic amines) is 1. The molecule has 1 fully saturated rings. The number of carbonyl (C=O) groups excluding carboxylic acids is 2. The van der Waals surface area contributed by atoms with E-state index in [1.165, 1.54) is 10.9 Å². The second-order valence-electron chi connectivity index (χ2n) is 8.25. The van der Waals surface area contributed by atoms with Crippen molar-refractivity contribution in [2.75, 3.05) is 25.0 Å². The van der Waals surface area contributed by atoms with Crippen LogP contribution in [0.3, 0.4) is 0 Å². The highest BCUT2D eigenvalue weighted by Gasteiger charge is 2.28. The molecule has 2 aromatic carbocycles. The van der Waals surface area contributed by atoms with E-state index in [1.807, 2.05) is 18.2 Å². The number of carbonyl (C=O) groups is 2. The van der Waals surface area contributed by atoms with Crippen molar-refractivity contribution in [3.63, 3.8) is 0 Å². The Morgan fingerprint density at radius 3 is 2.40 bits per heavy atom. The van der Waals surface area contributed by atoms with E-state index in [9.17, 15) is 14.4 Å². The molecule has 1 N–H and O–H groups in total. The molecule has 0 unspecified atom stereocenters. The van der Waals surface area contributed by atoms with Crippen LogP contribution in [-0.2, 0) is 16.6 Å². The number of nitrogens with zero attached hydrogens (tertiary/aromatic N) is 3. The Bertz CT molecular complexity index is 1230. The number of piperidine rings is 1. The van der Waals surface area contributed by atoms with Crippen LogP contribution in [0.2, 0.25) is 0 Å². The monoisotopic (exact) mass is 476 g/mol. The summed E-state index contributed by atoms with van der Waals surface area (Å²) in [5.41, 5.74) is 1.06. The quantitative estimate of drug-likeness (QED) is 0.518. The lowest BCUT2D eigenvalue weighted by Crippen LogP contribution is -2.40. The van der Waals surface area contributed by atoms with E-state index < -0.39 is 0 Å². The van der Waals surface area contributed by atoms with Crippen molar-refractivity contribution in [3.8, 4) is 11.5 Å². The molecule has 4 rings (SSSR count). The van der Waals surface area contributed by atoms with Gasteiger partial charge in [-0.2, -0.15) is 5.10 Å². The van der Waals surface area contributed by atoms with E-state index in [-0.39, 0.29) is 29.0 Å². The SMILES string of the molecule is CCOC(=O)C1CCN(C(=O)c2ccc(Nc3c(Oc4ccccc4)cnn(C)c3=O)cc2)CC1. The van der Waals surface area contributed by atoms with Gasteiger partial charge >= 0.3 is 5.97 Å². The third kappa shape index (κ3) is 5.68. The fourth-order valence-electron chi connectivity index (χ4n) is 3.93. The number of aryl methyl sites for hydroxylation is 1. The van der Waals surface area contributed by atoms with Gasteiger partial charge < -0.3 is 19.7 Å². The van der Waals surface area contributed by atoms with Crippen LogP contribution in [0.15, 0.2) is 65.6 Å². The molecule has 1 amide bonds. The molecule has 182 valence electrons. The zero-order valence-electron chi connectivity index (χ0n) is 19.8. The number of rotatable bonds is 7. The number of amides is 1. The Balaban J connectivity index is 1.44. The van der Waals surface area contributed by atoms with Crippen LogP contribution < -0.4 is 15.6 Å². The van der Waals surface area contributed by atoms with Crippen LogP contribution in [0.25, 0.3) is 0 Å². The molecule has 1 aliphatic heterocycles. The van der Waals surface area contributed by atoms with Gasteiger partial charge in [0.1, 0.15) is 5.75 Å². The molecule has 0 radical (unpaired) electrons. The van der Waals surface area contributed by atoms with Gasteiger partial charge in [0.15, 0.2) is 11.4 Å². The van der Waals surface area contributed by atoms with Gasteiger partial charge in [0.05, 0.1) is 18.7 Å². The number of nitrogens with one attached hydrogen (secondary N) is 1. The highest BCUT2D eigenvalue weighted by Crippen LogP contribution is 2.28. The van der Waals surface area contributed by atoms with Crippen LogP contribution in [0.5, 0.6) is 11.5 Å². The Hall–Kier alpha value is -4.14. The predicted molar refractivity (Wildman–Crippen MR) is 131 cm³/mol. The lowest BCUT2D eigenvalue weighted by Gasteiger charge is -2.31. The van der Waals surface area contributed by atoms with Crippen LogP contribution in [0.1, 0.15) is 30.1 Å². The summed E-state index contributed by atoms with van der Waals surface area (Å²) in [4.78, 5) is 39.4. The number of benzene rings is 2. The number of hydrogen-bond donors (Lipinski definition) is 1. The van der Waals surface area contributed by atoms with Crippen molar-refractivity contribution in [2.24, 2.45) is 13.0 Å². The van der Waals surface area contributed by atoms with Gasteiger partial charge in [-0.1, -0.05) is 18.2 Å². The maximum Gasteiger partial charge on any atom is 0.309 e. The molecule has 9 heteroatoms. The van der Waals surface area contributed by atoms with Gasteiger partial charge in [-0.15, -0.1) is 0 Å². The van der Waals surface area contributed by atoms with E-state index >= 15 is 0 Å². The first-order chi connectivity index (χ1) is 17.0. The summed E-state index contributed by atoms with van der Waals surface area (Å²) >= 11 is 0. The molecule has 0 saturated carbocycles. The minimum absolute atomic E-state index is 0.0909. The minimum atomic E-state index is -0.344. The van der Waals surface area contributed by atoms with Crippen molar-refractivity contribution < 1.29 is 19.1 Å². The summed E-state index contributed by atoms with van der Waals surface area (Å²) in [5, 5.41) is 7.16. The van der Waals surface area contributed by atoms with Gasteiger partial charge in [0.25, 0.3) is 11.5 Å². The summed E-state index contributed by atoms with van der Waals surface area (Å²) in [6, 6.07) is 16.0. The van der Waals surface area contributed by atoms with Gasteiger partial charge in [0.2, 0.25) is 0 Å². The molecule has 3 aromatic rings. The van der Waals surface area contributed by atoms with Crippen LogP contribution in [-0.4, -0.2) is 46.3 Å². The highest BCUT2D eigenvalue weighted by molar-refractivity contribution is 5.94. The molecule has 9 nitrogen and oxygen atoms in total. The summed E-state index contributed by atoms with van der Waals surface area (Å²) in [5.74, 6) is 0.447. The van der Waals surface area contributed by atoms with Crippen molar-refractivity contribution in [1.82, 2.24) is 14.7 Å². The molecule has 35 heavy (non-hydrogen) atoms. The number of anilines is 2. The largest absolute Gasteiger partial charge is 0.466 e. The van der Waals surface area contributed by atoms with Gasteiger partial charge in [-0.3, -0.25) is 14.4 Å². The second kappa shape index (κ2) is 10.9. The topological polar surface area (TPSA) is 103 Å². The molecule has 0 atom stereocenters. The van der Waals surface area contributed by atoms with Crippen LogP contribution in [0, 0.1) is 5.92 Å². The van der Waals surface area contributed by atoms with Crippen LogP contribution in [0.4, 0.5) is 11.4 Å². The molecule has 0 aliphatic carbocycles. The Kier molecular flexibility index (Phi) is 7.45. The van der Waals surface area contributed by atoms with Crippen molar-refractivity contribution in [1.29, 1.82) is 0 Å². The van der Waals surface area contributed by atoms with Crippen molar-refractivity contribution in [3.05, 3.63) is 76.7 Å². The van der Waals surface area contributed by atoms with Crippen molar-refractivity contribution in [2.45, 2.75) is 19.8 Å². The molecule has 1 aliphatic rings. The Morgan fingerprint density at radius 1 is 1.06 bits per heavy atom. The number of ether oxygens (including phenoxy) is 2. The number of para-hydroxylation sites is 1. The number of esters is 1. The average molecular weight is 477 g/mol. The van der Waals surface area contributed by atoms with Gasteiger partial charge in [0, 0.05) is 31.4 Å². The number of aromatic nitrogens is 2. The van der Waals surface area contributed by atoms with E-state index in [2.05, 4.69) is 10.4 Å². The Morgan fingerprint density at radius 2 is 1.74 bits per heavy atom. The average Bonchev–Trinajstić information content (AvgIpc) is 2.89. The summed E-state index contributed by atoms with van der Waals surface area (Å²) in [6.45, 7) is 3.17. The fraction of sp³-hybridized carbons (Fsp3) is 0.308. The first kappa shape index (κ1) is 24.0. The maximum absolute atomic E-state index is 12.9. The second-order valence-corrected chi connectivity index (χ2v) is 8.25. The van der Waals surface area contributed by atoms with Gasteiger partial charge in [-0.25, -0.2) is 4.68 Å². The fourth-order valence-corrected chi connectivity index (χ4v) is 3.93. The first-order valence-corrected chi connectivity index (χ1v) is 11.6. The summed E-state index contributed by atoms with van der Waals surface area (Å²) < 4.78 is 12.2. The van der Waals surface area contributed by atoms with Gasteiger partial charge in [-0.05, 0) is 56.2 Å². The summed E-state index contributed by atoms with van der Waals surface area (Å²) in [7, 11) is 1.56. The zero-order chi connectivity index (χ0) is 24.8. The smallest absolute Gasteiger partial charge is 0.309 e. The zero-order valence-corrected chi connectivity index (χ0v) is 19.8. The van der Waals surface area contributed by atoms with Crippen LogP contribution >= 0.6 is 0 Å². The third-order valence-electron chi connectivity index (χ3n) is 5.88. The van der Waals surface area contributed by atoms with E-state index in [1.54, 1.807) is 55.3 Å². The molecule has 1 aromatic heterocycles. The van der Waals surface area contributed by atoms with Crippen molar-refractivity contribution >= 4 is 23.3 Å². The van der Waals surface area contributed by atoms with E-state index in [0.29, 0.717) is 55.3 Å². The lowest BCUT2D eigenvalue weighted by molar-refractivity contribution is -0.149. The Labute approximate surface area is 203 Å². The number of hydrogen-bond acceptors (Lipinski definition) is 7. The molecule has 0 spiro atoms. The molecule has 2 heterocycles. The first-order valence-electron chi connectivity index (χ1n) is 11.6. The maximum atomic E-state index is 12.9. The van der Waals surface area contributed by atoms with E-state index in [4.69, 9.17) is 9.47 Å². The highest BCUT2D eigenvalue weighted by atomic mass is 16.5. The molecule has 1 saturated heterocycles. The summed E-state index contributed by atoms with van der Waals surface area (Å²) in [6.07, 6.45) is 2.67. The molecular formula is C26H28N4O5. The van der Waals surface area contributed by atoms with E-state index in [0.717, 1.165) is 0 Å². The predicted octanol–water partition coefficient (Wildman–Crippen LogP) is 3.73. The minimum Gasteiger partial charge on any atom is -0.466 e. The lowest BCUT2D eigenvalue weighted by atomic mass is 9.96. The normalized spacial score (nSPS) is 13.8. The standard InChI is InChI=1S/C26H28N4O5/c1-3-34-26(33)19-13-15-30(16-14-19)24(31)18-9-11-20(12-10-18)28-23-22(17-27-29(2)25(23)32)35-21-7-5-4-6-8-21/h4-12,17,19,28H,3,13-16H2,1-2H3. The molecular weight excluding hydrogens is 448 g/mol.